The van der Waals surface area contributed by atoms with E-state index in [9.17, 15) is 14.2 Å². The van der Waals surface area contributed by atoms with Crippen molar-refractivity contribution in [2.24, 2.45) is 0 Å². The maximum Gasteiger partial charge on any atom is 0.469 e. The molecule has 9 heteroatoms. The van der Waals surface area contributed by atoms with Crippen LogP contribution in [0.15, 0.2) is 48.6 Å². The van der Waals surface area contributed by atoms with Crippen molar-refractivity contribution in [3.63, 3.8) is 0 Å². The highest BCUT2D eigenvalue weighted by Crippen LogP contribution is 2.36. The molecule has 0 aromatic rings. The largest absolute Gasteiger partial charge is 0.469 e. The van der Waals surface area contributed by atoms with Gasteiger partial charge in [-0.25, -0.2) is 4.57 Å². The predicted octanol–water partition coefficient (Wildman–Crippen LogP) is 11.2. The first-order valence-electron chi connectivity index (χ1n) is 18.9. The molecular formula is C39H69O8P. The molecule has 0 aliphatic carbocycles. The standard InChI is InChI=1S/C39H69O8P/c1-3-5-7-9-11-13-15-17-19-21-23-25-27-29-31-33-38(40)45-35-37(36-46-48(42,43)44)47-39(41)34-32-30-28-26-24-22-20-18-16-14-12-10-8-6-4-2/h6,8,12,14,18,20,23,25,37H,3-5,7,9-11,13,15-17,19,21-22,24,26-36H2,1-2H3,(H2,42,43,44)/b8-6+,14-12+,20-18+,25-23+/t37-/m1/s1. The summed E-state index contributed by atoms with van der Waals surface area (Å²) in [6.07, 6.45) is 41.2. The van der Waals surface area contributed by atoms with Crippen molar-refractivity contribution in [3.05, 3.63) is 48.6 Å². The molecule has 0 aliphatic heterocycles. The van der Waals surface area contributed by atoms with Crippen LogP contribution in [0.4, 0.5) is 0 Å². The number of carbonyl (C=O) groups excluding carboxylic acids is 2. The van der Waals surface area contributed by atoms with Gasteiger partial charge in [-0.15, -0.1) is 0 Å². The van der Waals surface area contributed by atoms with E-state index in [2.05, 4.69) is 67.0 Å². The number of hydrogen-bond acceptors (Lipinski definition) is 6. The normalized spacial score (nSPS) is 13.0. The molecule has 0 saturated carbocycles. The summed E-state index contributed by atoms with van der Waals surface area (Å²) in [5, 5.41) is 0. The van der Waals surface area contributed by atoms with Crippen molar-refractivity contribution in [1.29, 1.82) is 0 Å². The van der Waals surface area contributed by atoms with Gasteiger partial charge in [0.15, 0.2) is 6.10 Å². The van der Waals surface area contributed by atoms with E-state index >= 15 is 0 Å². The second-order valence-corrected chi connectivity index (χ2v) is 13.8. The molecule has 2 N–H and O–H groups in total. The van der Waals surface area contributed by atoms with Crippen LogP contribution in [0.1, 0.15) is 168 Å². The van der Waals surface area contributed by atoms with Crippen molar-refractivity contribution in [3.8, 4) is 0 Å². The molecule has 48 heavy (non-hydrogen) atoms. The Morgan fingerprint density at radius 1 is 0.562 bits per heavy atom. The predicted molar refractivity (Wildman–Crippen MR) is 198 cm³/mol. The SMILES string of the molecule is CC/C=C/C/C=C/C/C=C/CCCCCCCC(=O)O[C@H](COC(=O)CCCC/C=C/CCCCCCCCCCC)COP(=O)(O)O. The van der Waals surface area contributed by atoms with E-state index in [0.29, 0.717) is 12.8 Å². The number of unbranched alkanes of at least 4 members (excludes halogenated alkanes) is 16. The molecule has 0 aliphatic rings. The maximum atomic E-state index is 12.3. The third-order valence-electron chi connectivity index (χ3n) is 7.83. The van der Waals surface area contributed by atoms with Gasteiger partial charge in [-0.2, -0.15) is 0 Å². The number of carbonyl (C=O) groups is 2. The lowest BCUT2D eigenvalue weighted by atomic mass is 10.1. The molecule has 0 radical (unpaired) electrons. The first-order valence-corrected chi connectivity index (χ1v) is 20.5. The summed E-state index contributed by atoms with van der Waals surface area (Å²) in [6, 6.07) is 0. The first-order chi connectivity index (χ1) is 23.3. The topological polar surface area (TPSA) is 119 Å². The van der Waals surface area contributed by atoms with Gasteiger partial charge in [0.2, 0.25) is 0 Å². The minimum absolute atomic E-state index is 0.187. The molecule has 0 saturated heterocycles. The second-order valence-electron chi connectivity index (χ2n) is 12.5. The van der Waals surface area contributed by atoms with Crippen LogP contribution in [0, 0.1) is 0 Å². The van der Waals surface area contributed by atoms with E-state index in [0.717, 1.165) is 70.6 Å². The quantitative estimate of drug-likeness (QED) is 0.0295. The van der Waals surface area contributed by atoms with Crippen LogP contribution in [0.3, 0.4) is 0 Å². The van der Waals surface area contributed by atoms with Crippen LogP contribution < -0.4 is 0 Å². The Labute approximate surface area is 293 Å². The Kier molecular flexibility index (Phi) is 33.4. The minimum atomic E-state index is -4.76. The zero-order chi connectivity index (χ0) is 35.4. The Hall–Kier alpha value is -1.99. The lowest BCUT2D eigenvalue weighted by Gasteiger charge is -2.18. The summed E-state index contributed by atoms with van der Waals surface area (Å²) in [5.74, 6) is -0.933. The summed E-state index contributed by atoms with van der Waals surface area (Å²) >= 11 is 0. The van der Waals surface area contributed by atoms with Gasteiger partial charge in [0.1, 0.15) is 6.61 Å². The highest BCUT2D eigenvalue weighted by molar-refractivity contribution is 7.46. The molecule has 0 unspecified atom stereocenters. The number of esters is 2. The molecule has 0 spiro atoms. The van der Waals surface area contributed by atoms with Gasteiger partial charge in [-0.05, 0) is 70.6 Å². The number of ether oxygens (including phenoxy) is 2. The fourth-order valence-electron chi connectivity index (χ4n) is 5.03. The van der Waals surface area contributed by atoms with Crippen LogP contribution in [0.2, 0.25) is 0 Å². The third kappa shape index (κ3) is 36.8. The van der Waals surface area contributed by atoms with Gasteiger partial charge in [0, 0.05) is 12.8 Å². The lowest BCUT2D eigenvalue weighted by molar-refractivity contribution is -0.161. The molecular weight excluding hydrogens is 627 g/mol. The van der Waals surface area contributed by atoms with Gasteiger partial charge in [0.05, 0.1) is 6.61 Å². The number of phosphoric acid groups is 1. The van der Waals surface area contributed by atoms with Crippen molar-refractivity contribution in [2.45, 2.75) is 174 Å². The smallest absolute Gasteiger partial charge is 0.462 e. The van der Waals surface area contributed by atoms with Crippen molar-refractivity contribution in [2.75, 3.05) is 13.2 Å². The van der Waals surface area contributed by atoms with Gasteiger partial charge >= 0.3 is 19.8 Å². The van der Waals surface area contributed by atoms with E-state index < -0.39 is 32.5 Å². The van der Waals surface area contributed by atoms with Gasteiger partial charge in [-0.1, -0.05) is 133 Å². The second kappa shape index (κ2) is 34.9. The summed E-state index contributed by atoms with van der Waals surface area (Å²) in [6.45, 7) is 3.53. The van der Waals surface area contributed by atoms with Gasteiger partial charge in [0.25, 0.3) is 0 Å². The van der Waals surface area contributed by atoms with Crippen LogP contribution in [-0.4, -0.2) is 41.0 Å². The molecule has 0 aromatic carbocycles. The Morgan fingerprint density at radius 2 is 1.00 bits per heavy atom. The molecule has 278 valence electrons. The van der Waals surface area contributed by atoms with E-state index in [1.165, 1.54) is 57.8 Å². The average Bonchev–Trinajstić information content (AvgIpc) is 3.05. The Balaban J connectivity index is 4.03. The van der Waals surface area contributed by atoms with Crippen LogP contribution in [-0.2, 0) is 28.2 Å². The third-order valence-corrected chi connectivity index (χ3v) is 8.32. The molecule has 0 amide bonds. The molecule has 0 heterocycles. The molecule has 8 nitrogen and oxygen atoms in total. The van der Waals surface area contributed by atoms with Gasteiger partial charge in [-0.3, -0.25) is 14.1 Å². The van der Waals surface area contributed by atoms with Crippen molar-refractivity contribution >= 4 is 19.8 Å². The number of allylic oxidation sites excluding steroid dienone is 8. The highest BCUT2D eigenvalue weighted by atomic mass is 31.2. The fourth-order valence-corrected chi connectivity index (χ4v) is 5.39. The zero-order valence-corrected chi connectivity index (χ0v) is 31.3. The fraction of sp³-hybridized carbons (Fsp3) is 0.744. The summed E-state index contributed by atoms with van der Waals surface area (Å²) in [7, 11) is -4.76. The van der Waals surface area contributed by atoms with E-state index in [1.54, 1.807) is 0 Å². The van der Waals surface area contributed by atoms with Crippen LogP contribution >= 0.6 is 7.82 Å². The highest BCUT2D eigenvalue weighted by Gasteiger charge is 2.22. The average molecular weight is 697 g/mol. The Morgan fingerprint density at radius 3 is 1.56 bits per heavy atom. The van der Waals surface area contributed by atoms with Crippen LogP contribution in [0.25, 0.3) is 0 Å². The summed E-state index contributed by atoms with van der Waals surface area (Å²) in [4.78, 5) is 42.7. The van der Waals surface area contributed by atoms with Crippen LogP contribution in [0.5, 0.6) is 0 Å². The minimum Gasteiger partial charge on any atom is -0.462 e. The molecule has 0 fully saturated rings. The monoisotopic (exact) mass is 696 g/mol. The molecule has 0 rings (SSSR count). The summed E-state index contributed by atoms with van der Waals surface area (Å²) < 4.78 is 26.3. The lowest BCUT2D eigenvalue weighted by Crippen LogP contribution is -2.29. The number of phosphoric ester groups is 1. The van der Waals surface area contributed by atoms with Crippen molar-refractivity contribution < 1.29 is 37.9 Å². The summed E-state index contributed by atoms with van der Waals surface area (Å²) in [5.41, 5.74) is 0. The van der Waals surface area contributed by atoms with E-state index in [1.807, 2.05) is 0 Å². The molecule has 1 atom stereocenters. The number of hydrogen-bond donors (Lipinski definition) is 2. The number of rotatable bonds is 34. The molecule has 0 aromatic heterocycles. The molecule has 0 bridgehead atoms. The maximum absolute atomic E-state index is 12.3. The van der Waals surface area contributed by atoms with E-state index in [4.69, 9.17) is 19.3 Å². The Bertz CT molecular complexity index is 921. The van der Waals surface area contributed by atoms with Crippen molar-refractivity contribution in [1.82, 2.24) is 0 Å². The first kappa shape index (κ1) is 46.0. The van der Waals surface area contributed by atoms with Gasteiger partial charge < -0.3 is 19.3 Å². The van der Waals surface area contributed by atoms with E-state index in [-0.39, 0.29) is 19.4 Å². The zero-order valence-electron chi connectivity index (χ0n) is 30.4.